The number of benzene rings is 1. The summed E-state index contributed by atoms with van der Waals surface area (Å²) in [4.78, 5) is 0. The molecule has 0 bridgehead atoms. The van der Waals surface area contributed by atoms with Gasteiger partial charge in [-0.3, -0.25) is 5.41 Å². The first kappa shape index (κ1) is 13.0. The van der Waals surface area contributed by atoms with E-state index in [1.807, 2.05) is 12.1 Å². The molecule has 0 fully saturated rings. The van der Waals surface area contributed by atoms with E-state index in [4.69, 9.17) is 15.9 Å². The highest BCUT2D eigenvalue weighted by Crippen LogP contribution is 2.23. The molecule has 0 amide bonds. The van der Waals surface area contributed by atoms with Crippen LogP contribution in [0.3, 0.4) is 0 Å². The van der Waals surface area contributed by atoms with Crippen molar-refractivity contribution in [2.45, 2.75) is 20.3 Å². The number of nitrogen functional groups attached to an aromatic ring is 1. The number of nitrogens with two attached hydrogens (primary N) is 1. The largest absolute Gasteiger partial charge is 0.493 e. The molecule has 0 saturated carbocycles. The summed E-state index contributed by atoms with van der Waals surface area (Å²) in [6.45, 7) is 4.95. The molecule has 0 spiro atoms. The lowest BCUT2D eigenvalue weighted by Crippen LogP contribution is -2.14. The van der Waals surface area contributed by atoms with Gasteiger partial charge in [0.25, 0.3) is 0 Å². The molecule has 0 heterocycles. The van der Waals surface area contributed by atoms with Gasteiger partial charge >= 0.3 is 0 Å². The van der Waals surface area contributed by atoms with E-state index >= 15 is 0 Å². The molecule has 0 unspecified atom stereocenters. The number of hydrogen-bond donors (Lipinski definition) is 2. The molecule has 0 aliphatic heterocycles. The van der Waals surface area contributed by atoms with Gasteiger partial charge in [-0.15, -0.1) is 0 Å². The number of halogens is 1. The normalized spacial score (nSPS) is 10.5. The minimum absolute atomic E-state index is 0.0286. The third-order valence-corrected chi connectivity index (χ3v) is 2.68. The second kappa shape index (κ2) is 5.89. The van der Waals surface area contributed by atoms with Gasteiger partial charge in [0.1, 0.15) is 11.6 Å². The standard InChI is InChI=1S/C12H17BrN2O/c1-8(2)5-6-16-11-4-3-9(13)7-10(11)12(14)15/h3-4,7-8H,5-6H2,1-2H3,(H3,14,15). The topological polar surface area (TPSA) is 59.1 Å². The molecule has 0 radical (unpaired) electrons. The van der Waals surface area contributed by atoms with Crippen LogP contribution in [0.25, 0.3) is 0 Å². The smallest absolute Gasteiger partial charge is 0.130 e. The lowest BCUT2D eigenvalue weighted by Gasteiger charge is -2.12. The summed E-state index contributed by atoms with van der Waals surface area (Å²) in [5, 5.41) is 7.47. The molecular formula is C12H17BrN2O. The van der Waals surface area contributed by atoms with Crippen LogP contribution in [0.2, 0.25) is 0 Å². The molecule has 0 aliphatic carbocycles. The summed E-state index contributed by atoms with van der Waals surface area (Å²) in [7, 11) is 0. The minimum Gasteiger partial charge on any atom is -0.493 e. The van der Waals surface area contributed by atoms with Crippen LogP contribution in [0, 0.1) is 11.3 Å². The molecule has 3 nitrogen and oxygen atoms in total. The Bertz CT molecular complexity index is 377. The predicted molar refractivity (Wildman–Crippen MR) is 70.1 cm³/mol. The molecule has 88 valence electrons. The quantitative estimate of drug-likeness (QED) is 0.645. The van der Waals surface area contributed by atoms with Crippen LogP contribution in [0.15, 0.2) is 22.7 Å². The Balaban J connectivity index is 2.75. The third-order valence-electron chi connectivity index (χ3n) is 2.18. The van der Waals surface area contributed by atoms with E-state index in [-0.39, 0.29) is 5.84 Å². The second-order valence-electron chi connectivity index (χ2n) is 4.09. The Kier molecular flexibility index (Phi) is 4.80. The van der Waals surface area contributed by atoms with Crippen molar-refractivity contribution in [3.8, 4) is 5.75 Å². The monoisotopic (exact) mass is 284 g/mol. The highest BCUT2D eigenvalue weighted by atomic mass is 79.9. The molecule has 0 aliphatic rings. The molecule has 0 atom stereocenters. The van der Waals surface area contributed by atoms with E-state index in [9.17, 15) is 0 Å². The maximum absolute atomic E-state index is 7.47. The Morgan fingerprint density at radius 2 is 2.19 bits per heavy atom. The Morgan fingerprint density at radius 3 is 2.75 bits per heavy atom. The first-order valence-electron chi connectivity index (χ1n) is 5.27. The van der Waals surface area contributed by atoms with E-state index < -0.39 is 0 Å². The van der Waals surface area contributed by atoms with Gasteiger partial charge in [-0.1, -0.05) is 29.8 Å². The van der Waals surface area contributed by atoms with Gasteiger partial charge in [-0.2, -0.15) is 0 Å². The van der Waals surface area contributed by atoms with Gasteiger partial charge in [0, 0.05) is 4.47 Å². The maximum atomic E-state index is 7.47. The number of amidine groups is 1. The Morgan fingerprint density at radius 1 is 1.50 bits per heavy atom. The highest BCUT2D eigenvalue weighted by Gasteiger charge is 2.07. The van der Waals surface area contributed by atoms with Crippen molar-refractivity contribution in [3.63, 3.8) is 0 Å². The number of rotatable bonds is 5. The summed E-state index contributed by atoms with van der Waals surface area (Å²) >= 11 is 3.35. The van der Waals surface area contributed by atoms with E-state index in [1.165, 1.54) is 0 Å². The average molecular weight is 285 g/mol. The summed E-state index contributed by atoms with van der Waals surface area (Å²) in [5.41, 5.74) is 6.13. The fraction of sp³-hybridized carbons (Fsp3) is 0.417. The Labute approximate surface area is 105 Å². The second-order valence-corrected chi connectivity index (χ2v) is 5.00. The number of hydrogen-bond acceptors (Lipinski definition) is 2. The zero-order valence-corrected chi connectivity index (χ0v) is 11.2. The molecule has 0 aromatic heterocycles. The average Bonchev–Trinajstić information content (AvgIpc) is 2.19. The van der Waals surface area contributed by atoms with Crippen LogP contribution in [-0.4, -0.2) is 12.4 Å². The highest BCUT2D eigenvalue weighted by molar-refractivity contribution is 9.10. The fourth-order valence-electron chi connectivity index (χ4n) is 1.24. The number of ether oxygens (including phenoxy) is 1. The van der Waals surface area contributed by atoms with Gasteiger partial charge < -0.3 is 10.5 Å². The van der Waals surface area contributed by atoms with Gasteiger partial charge in [0.15, 0.2) is 0 Å². The van der Waals surface area contributed by atoms with Crippen LogP contribution >= 0.6 is 15.9 Å². The first-order chi connectivity index (χ1) is 7.50. The van der Waals surface area contributed by atoms with Crippen molar-refractivity contribution in [1.82, 2.24) is 0 Å². The van der Waals surface area contributed by atoms with Gasteiger partial charge in [0.05, 0.1) is 12.2 Å². The molecule has 4 heteroatoms. The summed E-state index contributed by atoms with van der Waals surface area (Å²) < 4.78 is 6.52. The van der Waals surface area contributed by atoms with Crippen LogP contribution in [0.1, 0.15) is 25.8 Å². The lowest BCUT2D eigenvalue weighted by molar-refractivity contribution is 0.289. The van der Waals surface area contributed by atoms with Crippen molar-refractivity contribution in [2.24, 2.45) is 11.7 Å². The molecular weight excluding hydrogens is 268 g/mol. The van der Waals surface area contributed by atoms with E-state index in [0.29, 0.717) is 23.8 Å². The van der Waals surface area contributed by atoms with Crippen LogP contribution < -0.4 is 10.5 Å². The first-order valence-corrected chi connectivity index (χ1v) is 6.06. The third kappa shape index (κ3) is 3.85. The van der Waals surface area contributed by atoms with Crippen molar-refractivity contribution in [2.75, 3.05) is 6.61 Å². The van der Waals surface area contributed by atoms with Gasteiger partial charge in [-0.25, -0.2) is 0 Å². The van der Waals surface area contributed by atoms with Crippen LogP contribution in [0.4, 0.5) is 0 Å². The molecule has 3 N–H and O–H groups in total. The molecule has 1 rings (SSSR count). The van der Waals surface area contributed by atoms with E-state index in [0.717, 1.165) is 10.9 Å². The predicted octanol–water partition coefficient (Wildman–Crippen LogP) is 3.16. The zero-order valence-electron chi connectivity index (χ0n) is 9.59. The molecule has 1 aromatic carbocycles. The number of nitrogens with one attached hydrogen (secondary N) is 1. The fourth-order valence-corrected chi connectivity index (χ4v) is 1.60. The van der Waals surface area contributed by atoms with Crippen molar-refractivity contribution in [3.05, 3.63) is 28.2 Å². The lowest BCUT2D eigenvalue weighted by atomic mass is 10.1. The summed E-state index contributed by atoms with van der Waals surface area (Å²) in [6, 6.07) is 5.52. The van der Waals surface area contributed by atoms with Crippen LogP contribution in [0.5, 0.6) is 5.75 Å². The summed E-state index contributed by atoms with van der Waals surface area (Å²) in [6.07, 6.45) is 0.993. The maximum Gasteiger partial charge on any atom is 0.130 e. The molecule has 16 heavy (non-hydrogen) atoms. The van der Waals surface area contributed by atoms with Gasteiger partial charge in [0.2, 0.25) is 0 Å². The molecule has 0 saturated heterocycles. The van der Waals surface area contributed by atoms with Crippen molar-refractivity contribution in [1.29, 1.82) is 5.41 Å². The van der Waals surface area contributed by atoms with E-state index in [1.54, 1.807) is 6.07 Å². The minimum atomic E-state index is 0.0286. The van der Waals surface area contributed by atoms with E-state index in [2.05, 4.69) is 29.8 Å². The summed E-state index contributed by atoms with van der Waals surface area (Å²) in [5.74, 6) is 1.31. The van der Waals surface area contributed by atoms with Crippen molar-refractivity contribution < 1.29 is 4.74 Å². The van der Waals surface area contributed by atoms with Gasteiger partial charge in [-0.05, 0) is 30.5 Å². The zero-order chi connectivity index (χ0) is 12.1. The molecule has 1 aromatic rings. The SMILES string of the molecule is CC(C)CCOc1ccc(Br)cc1C(=N)N. The Hall–Kier alpha value is -1.03. The van der Waals surface area contributed by atoms with Crippen molar-refractivity contribution >= 4 is 21.8 Å². The van der Waals surface area contributed by atoms with Crippen LogP contribution in [-0.2, 0) is 0 Å².